The van der Waals surface area contributed by atoms with Crippen molar-refractivity contribution in [3.05, 3.63) is 194 Å². The van der Waals surface area contributed by atoms with Crippen molar-refractivity contribution in [3.8, 4) is 0 Å². The Labute approximate surface area is 416 Å². The lowest BCUT2D eigenvalue weighted by Crippen LogP contribution is -2.28. The van der Waals surface area contributed by atoms with Gasteiger partial charge in [-0.05, 0) is 135 Å². The van der Waals surface area contributed by atoms with Gasteiger partial charge in [0.1, 0.15) is 6.61 Å². The van der Waals surface area contributed by atoms with Crippen molar-refractivity contribution in [1.29, 1.82) is 0 Å². The lowest BCUT2D eigenvalue weighted by molar-refractivity contribution is -0.161. The molecule has 0 amide bonds. The van der Waals surface area contributed by atoms with E-state index in [9.17, 15) is 14.7 Å². The van der Waals surface area contributed by atoms with Crippen molar-refractivity contribution < 1.29 is 24.2 Å². The molecule has 0 fully saturated rings. The van der Waals surface area contributed by atoms with Gasteiger partial charge in [0.2, 0.25) is 0 Å². The van der Waals surface area contributed by atoms with E-state index in [2.05, 4.69) is 208 Å². The Morgan fingerprint density at radius 1 is 0.338 bits per heavy atom. The molecule has 0 aliphatic carbocycles. The molecule has 0 saturated heterocycles. The molecule has 5 nitrogen and oxygen atoms in total. The van der Waals surface area contributed by atoms with E-state index >= 15 is 0 Å². The zero-order valence-corrected chi connectivity index (χ0v) is 42.5. The number of aliphatic hydroxyl groups excluding tert-OH is 1. The molecule has 5 heteroatoms. The Morgan fingerprint density at radius 2 is 0.603 bits per heavy atom. The SMILES string of the molecule is CC/C=C\C/C=C\C/C=C\C/C=C\C/C=C\C/C=C\C/C=C\C/C=C\C/C=C\CCCC(=O)OC(CO)COC(=O)CCCCC/C=C\C/C=C\C/C=C\C/C=C\C/C=C\C/C=C\C/C=C\CC. The summed E-state index contributed by atoms with van der Waals surface area (Å²) in [5, 5.41) is 9.62. The Kier molecular flexibility index (Phi) is 51.7. The minimum atomic E-state index is -0.835. The monoisotopic (exact) mass is 929 g/mol. The van der Waals surface area contributed by atoms with Gasteiger partial charge in [-0.1, -0.05) is 215 Å². The summed E-state index contributed by atoms with van der Waals surface area (Å²) in [5.41, 5.74) is 0. The van der Waals surface area contributed by atoms with Crippen molar-refractivity contribution in [3.63, 3.8) is 0 Å². The third-order valence-corrected chi connectivity index (χ3v) is 9.88. The van der Waals surface area contributed by atoms with Crippen LogP contribution in [-0.2, 0) is 19.1 Å². The highest BCUT2D eigenvalue weighted by Crippen LogP contribution is 2.08. The van der Waals surface area contributed by atoms with Crippen LogP contribution < -0.4 is 0 Å². The van der Waals surface area contributed by atoms with Gasteiger partial charge in [0, 0.05) is 12.8 Å². The first-order valence-corrected chi connectivity index (χ1v) is 26.0. The number of rotatable bonds is 44. The van der Waals surface area contributed by atoms with Crippen LogP contribution in [0.5, 0.6) is 0 Å². The Bertz CT molecular complexity index is 1660. The van der Waals surface area contributed by atoms with Gasteiger partial charge in [-0.15, -0.1) is 0 Å². The van der Waals surface area contributed by atoms with E-state index in [0.717, 1.165) is 135 Å². The minimum absolute atomic E-state index is 0.123. The molecular formula is C63H92O5. The van der Waals surface area contributed by atoms with Gasteiger partial charge in [0.15, 0.2) is 6.10 Å². The number of unbranched alkanes of at least 4 members (excludes halogenated alkanes) is 4. The molecule has 1 N–H and O–H groups in total. The number of hydrogen-bond donors (Lipinski definition) is 1. The van der Waals surface area contributed by atoms with Gasteiger partial charge in [-0.2, -0.15) is 0 Å². The average molecular weight is 929 g/mol. The summed E-state index contributed by atoms with van der Waals surface area (Å²) < 4.78 is 10.6. The molecule has 1 atom stereocenters. The zero-order chi connectivity index (χ0) is 49.2. The smallest absolute Gasteiger partial charge is 0.306 e. The number of ether oxygens (including phenoxy) is 2. The van der Waals surface area contributed by atoms with Crippen LogP contribution in [0.4, 0.5) is 0 Å². The number of esters is 2. The third-order valence-electron chi connectivity index (χ3n) is 9.88. The fraction of sp³-hybridized carbons (Fsp3) is 0.460. The van der Waals surface area contributed by atoms with E-state index in [1.165, 1.54) is 0 Å². The van der Waals surface area contributed by atoms with Gasteiger partial charge < -0.3 is 14.6 Å². The highest BCUT2D eigenvalue weighted by molar-refractivity contribution is 5.70. The lowest BCUT2D eigenvalue weighted by atomic mass is 10.1. The predicted molar refractivity (Wildman–Crippen MR) is 296 cm³/mol. The summed E-state index contributed by atoms with van der Waals surface area (Å²) in [6, 6.07) is 0. The summed E-state index contributed by atoms with van der Waals surface area (Å²) in [7, 11) is 0. The summed E-state index contributed by atoms with van der Waals surface area (Å²) >= 11 is 0. The molecule has 1 unspecified atom stereocenters. The molecule has 0 bridgehead atoms. The predicted octanol–water partition coefficient (Wildman–Crippen LogP) is 17.7. The summed E-state index contributed by atoms with van der Waals surface area (Å²) in [6.07, 6.45) is 90.9. The molecule has 68 heavy (non-hydrogen) atoms. The summed E-state index contributed by atoms with van der Waals surface area (Å²) in [5.74, 6) is -0.720. The highest BCUT2D eigenvalue weighted by Gasteiger charge is 2.15. The van der Waals surface area contributed by atoms with E-state index in [4.69, 9.17) is 9.47 Å². The minimum Gasteiger partial charge on any atom is -0.462 e. The second kappa shape index (κ2) is 56.1. The number of carbonyl (C=O) groups excluding carboxylic acids is 2. The molecule has 0 heterocycles. The average Bonchev–Trinajstić information content (AvgIpc) is 3.34. The van der Waals surface area contributed by atoms with E-state index in [1.54, 1.807) is 0 Å². The standard InChI is InChI=1S/C63H92O5/c1-3-5-7-9-11-13-15-17-19-21-23-25-27-29-30-31-32-34-36-38-40-42-44-46-48-50-52-54-56-58-63(66)68-61(59-64)60-67-62(65)57-55-53-51-49-47-45-43-41-39-37-35-33-28-26-24-22-20-18-16-14-12-10-8-6-4-2/h5-8,11-14,17-20,23-26,29-30,32-35,38-41,44-47,50,52,61,64H,3-4,9-10,15-16,21-22,27-28,31,36-37,42-43,48-49,51,53-60H2,1-2H3/b7-5-,8-6-,13-11-,14-12-,19-17-,20-18-,25-23-,26-24-,30-29-,34-32-,35-33-,40-38-,41-39-,46-44-,47-45-,52-50-. The van der Waals surface area contributed by atoms with Gasteiger partial charge >= 0.3 is 11.9 Å². The Balaban J connectivity index is 3.79. The lowest BCUT2D eigenvalue weighted by Gasteiger charge is -2.15. The van der Waals surface area contributed by atoms with E-state index < -0.39 is 12.1 Å². The van der Waals surface area contributed by atoms with Gasteiger partial charge in [0.25, 0.3) is 0 Å². The van der Waals surface area contributed by atoms with E-state index in [1.807, 2.05) is 0 Å². The molecular weight excluding hydrogens is 837 g/mol. The van der Waals surface area contributed by atoms with Crippen molar-refractivity contribution in [2.75, 3.05) is 13.2 Å². The quantitative estimate of drug-likeness (QED) is 0.0374. The molecule has 0 saturated carbocycles. The van der Waals surface area contributed by atoms with E-state index in [0.29, 0.717) is 12.8 Å². The van der Waals surface area contributed by atoms with Gasteiger partial charge in [0.05, 0.1) is 6.61 Å². The fourth-order valence-electron chi connectivity index (χ4n) is 6.06. The zero-order valence-electron chi connectivity index (χ0n) is 42.5. The highest BCUT2D eigenvalue weighted by atomic mass is 16.6. The van der Waals surface area contributed by atoms with Crippen LogP contribution in [-0.4, -0.2) is 36.4 Å². The first-order chi connectivity index (χ1) is 33.6. The maximum absolute atomic E-state index is 12.3. The molecule has 0 aromatic heterocycles. The van der Waals surface area contributed by atoms with Crippen LogP contribution >= 0.6 is 0 Å². The van der Waals surface area contributed by atoms with Crippen molar-refractivity contribution >= 4 is 11.9 Å². The maximum atomic E-state index is 12.3. The third kappa shape index (κ3) is 53.4. The fourth-order valence-corrected chi connectivity index (χ4v) is 6.06. The number of hydrogen-bond acceptors (Lipinski definition) is 5. The van der Waals surface area contributed by atoms with Crippen LogP contribution in [0.2, 0.25) is 0 Å². The molecule has 0 spiro atoms. The van der Waals surface area contributed by atoms with Crippen LogP contribution in [0.3, 0.4) is 0 Å². The summed E-state index contributed by atoms with van der Waals surface area (Å²) in [4.78, 5) is 24.4. The number of allylic oxidation sites excluding steroid dienone is 32. The Morgan fingerprint density at radius 3 is 0.897 bits per heavy atom. The molecule has 0 aromatic rings. The first kappa shape index (κ1) is 62.7. The topological polar surface area (TPSA) is 72.8 Å². The van der Waals surface area contributed by atoms with Gasteiger partial charge in [-0.3, -0.25) is 9.59 Å². The van der Waals surface area contributed by atoms with Crippen LogP contribution in [0.15, 0.2) is 194 Å². The largest absolute Gasteiger partial charge is 0.462 e. The van der Waals surface area contributed by atoms with Crippen molar-refractivity contribution in [1.82, 2.24) is 0 Å². The maximum Gasteiger partial charge on any atom is 0.306 e. The molecule has 0 aliphatic heterocycles. The molecule has 374 valence electrons. The number of carbonyl (C=O) groups is 2. The first-order valence-electron chi connectivity index (χ1n) is 26.0. The van der Waals surface area contributed by atoms with E-state index in [-0.39, 0.29) is 25.6 Å². The van der Waals surface area contributed by atoms with Crippen molar-refractivity contribution in [2.45, 2.75) is 174 Å². The van der Waals surface area contributed by atoms with Gasteiger partial charge in [-0.25, -0.2) is 0 Å². The molecule has 0 aliphatic rings. The van der Waals surface area contributed by atoms with Crippen molar-refractivity contribution in [2.24, 2.45) is 0 Å². The Hall–Kier alpha value is -5.26. The van der Waals surface area contributed by atoms with Crippen LogP contribution in [0.1, 0.15) is 168 Å². The normalized spacial score (nSPS) is 13.9. The second-order valence-electron chi connectivity index (χ2n) is 16.1. The molecule has 0 rings (SSSR count). The summed E-state index contributed by atoms with van der Waals surface area (Å²) in [6.45, 7) is 3.81. The number of aliphatic hydroxyl groups is 1. The second-order valence-corrected chi connectivity index (χ2v) is 16.1. The van der Waals surface area contributed by atoms with Crippen LogP contribution in [0, 0.1) is 0 Å². The molecule has 0 aromatic carbocycles. The van der Waals surface area contributed by atoms with Crippen LogP contribution in [0.25, 0.3) is 0 Å². The molecule has 0 radical (unpaired) electrons.